The summed E-state index contributed by atoms with van der Waals surface area (Å²) in [4.78, 5) is 0. The maximum Gasteiger partial charge on any atom is 0.123 e. The van der Waals surface area contributed by atoms with E-state index in [1.54, 1.807) is 6.26 Å². The number of nitrogens with one attached hydrogen (secondary N) is 1. The molecule has 17 heavy (non-hydrogen) atoms. The van der Waals surface area contributed by atoms with Crippen LogP contribution in [0.4, 0.5) is 0 Å². The average molecular weight is 231 g/mol. The molecule has 0 radical (unpaired) electrons. The summed E-state index contributed by atoms with van der Waals surface area (Å²) in [5.41, 5.74) is 1.17. The second-order valence-electron chi connectivity index (χ2n) is 3.72. The molecule has 3 heteroatoms. The third-order valence-corrected chi connectivity index (χ3v) is 2.47. The van der Waals surface area contributed by atoms with Crippen LogP contribution in [0.2, 0.25) is 0 Å². The topological polar surface area (TPSA) is 34.4 Å². The Morgan fingerprint density at radius 2 is 2.00 bits per heavy atom. The number of para-hydroxylation sites is 1. The minimum absolute atomic E-state index is 0.690. The first-order valence-corrected chi connectivity index (χ1v) is 5.84. The van der Waals surface area contributed by atoms with Crippen molar-refractivity contribution in [2.45, 2.75) is 20.0 Å². The number of benzene rings is 1. The van der Waals surface area contributed by atoms with Crippen molar-refractivity contribution in [2.24, 2.45) is 0 Å². The summed E-state index contributed by atoms with van der Waals surface area (Å²) in [7, 11) is 0. The molecular weight excluding hydrogens is 214 g/mol. The highest BCUT2D eigenvalue weighted by atomic mass is 16.5. The van der Waals surface area contributed by atoms with Crippen LogP contribution < -0.4 is 10.1 Å². The van der Waals surface area contributed by atoms with Crippen molar-refractivity contribution in [3.8, 4) is 5.75 Å². The lowest BCUT2D eigenvalue weighted by Gasteiger charge is -2.10. The van der Waals surface area contributed by atoms with E-state index in [0.29, 0.717) is 6.61 Å². The highest BCUT2D eigenvalue weighted by Gasteiger charge is 2.02. The second-order valence-corrected chi connectivity index (χ2v) is 3.72. The summed E-state index contributed by atoms with van der Waals surface area (Å²) in [6, 6.07) is 11.9. The fourth-order valence-electron chi connectivity index (χ4n) is 1.68. The molecule has 0 saturated carbocycles. The minimum atomic E-state index is 0.690. The number of hydrogen-bond donors (Lipinski definition) is 1. The van der Waals surface area contributed by atoms with E-state index in [9.17, 15) is 0 Å². The smallest absolute Gasteiger partial charge is 0.123 e. The number of hydrogen-bond acceptors (Lipinski definition) is 3. The molecule has 0 unspecified atom stereocenters. The maximum absolute atomic E-state index is 5.56. The normalized spacial score (nSPS) is 10.4. The molecule has 0 atom stereocenters. The summed E-state index contributed by atoms with van der Waals surface area (Å²) < 4.78 is 10.8. The molecule has 2 aromatic rings. The average Bonchev–Trinajstić information content (AvgIpc) is 2.85. The molecule has 0 saturated heterocycles. The van der Waals surface area contributed by atoms with Crippen LogP contribution in [-0.4, -0.2) is 6.61 Å². The first-order valence-electron chi connectivity index (χ1n) is 5.84. The Balaban J connectivity index is 1.89. The lowest BCUT2D eigenvalue weighted by atomic mass is 10.2. The summed E-state index contributed by atoms with van der Waals surface area (Å²) >= 11 is 0. The number of rotatable bonds is 6. The monoisotopic (exact) mass is 231 g/mol. The fraction of sp³-hybridized carbons (Fsp3) is 0.286. The van der Waals surface area contributed by atoms with Gasteiger partial charge in [-0.25, -0.2) is 0 Å². The molecule has 1 aromatic carbocycles. The molecule has 0 aliphatic rings. The van der Waals surface area contributed by atoms with E-state index < -0.39 is 0 Å². The van der Waals surface area contributed by atoms with Crippen molar-refractivity contribution >= 4 is 0 Å². The van der Waals surface area contributed by atoms with Gasteiger partial charge in [-0.05, 0) is 25.1 Å². The van der Waals surface area contributed by atoms with Crippen molar-refractivity contribution in [2.75, 3.05) is 6.61 Å². The Kier molecular flexibility index (Phi) is 4.22. The van der Waals surface area contributed by atoms with Crippen LogP contribution in [0.1, 0.15) is 18.2 Å². The SMILES string of the molecule is CCOc1ccccc1CNCc1ccco1. The van der Waals surface area contributed by atoms with Crippen LogP contribution in [0.15, 0.2) is 47.1 Å². The molecule has 1 heterocycles. The third kappa shape index (κ3) is 3.36. The molecule has 1 aromatic heterocycles. The highest BCUT2D eigenvalue weighted by Crippen LogP contribution is 2.17. The predicted octanol–water partition coefficient (Wildman–Crippen LogP) is 2.97. The minimum Gasteiger partial charge on any atom is -0.494 e. The molecule has 90 valence electrons. The van der Waals surface area contributed by atoms with Gasteiger partial charge in [0.05, 0.1) is 19.4 Å². The zero-order valence-electron chi connectivity index (χ0n) is 9.98. The Hall–Kier alpha value is -1.74. The lowest BCUT2D eigenvalue weighted by molar-refractivity contribution is 0.335. The number of ether oxygens (including phenoxy) is 1. The van der Waals surface area contributed by atoms with Crippen LogP contribution in [0.5, 0.6) is 5.75 Å². The second kappa shape index (κ2) is 6.11. The highest BCUT2D eigenvalue weighted by molar-refractivity contribution is 5.33. The zero-order valence-corrected chi connectivity index (χ0v) is 9.98. The van der Waals surface area contributed by atoms with E-state index in [1.807, 2.05) is 37.3 Å². The van der Waals surface area contributed by atoms with E-state index in [4.69, 9.17) is 9.15 Å². The molecule has 0 amide bonds. The van der Waals surface area contributed by atoms with Crippen molar-refractivity contribution in [3.05, 3.63) is 54.0 Å². The van der Waals surface area contributed by atoms with Gasteiger partial charge in [-0.2, -0.15) is 0 Å². The van der Waals surface area contributed by atoms with Gasteiger partial charge in [-0.1, -0.05) is 18.2 Å². The molecule has 0 aliphatic heterocycles. The molecule has 2 rings (SSSR count). The van der Waals surface area contributed by atoms with Gasteiger partial charge in [0.25, 0.3) is 0 Å². The van der Waals surface area contributed by atoms with Gasteiger partial charge in [0.2, 0.25) is 0 Å². The van der Waals surface area contributed by atoms with Crippen LogP contribution >= 0.6 is 0 Å². The predicted molar refractivity (Wildman–Crippen MR) is 66.9 cm³/mol. The van der Waals surface area contributed by atoms with Gasteiger partial charge < -0.3 is 14.5 Å². The van der Waals surface area contributed by atoms with E-state index >= 15 is 0 Å². The Bertz CT molecular complexity index is 437. The van der Waals surface area contributed by atoms with Gasteiger partial charge >= 0.3 is 0 Å². The summed E-state index contributed by atoms with van der Waals surface area (Å²) in [6.45, 7) is 4.19. The van der Waals surface area contributed by atoms with Crippen molar-refractivity contribution in [1.29, 1.82) is 0 Å². The maximum atomic E-state index is 5.56. The summed E-state index contributed by atoms with van der Waals surface area (Å²) in [5, 5.41) is 3.33. The van der Waals surface area contributed by atoms with Crippen LogP contribution in [0, 0.1) is 0 Å². The largest absolute Gasteiger partial charge is 0.494 e. The molecular formula is C14H17NO2. The van der Waals surface area contributed by atoms with E-state index in [0.717, 1.165) is 24.6 Å². The molecule has 1 N–H and O–H groups in total. The standard InChI is InChI=1S/C14H17NO2/c1-2-16-14-8-4-3-6-12(14)10-15-11-13-7-5-9-17-13/h3-9,15H,2,10-11H2,1H3. The third-order valence-electron chi connectivity index (χ3n) is 2.47. The Labute approximate surface area is 101 Å². The Morgan fingerprint density at radius 3 is 2.76 bits per heavy atom. The molecule has 3 nitrogen and oxygen atoms in total. The fourth-order valence-corrected chi connectivity index (χ4v) is 1.68. The van der Waals surface area contributed by atoms with Gasteiger partial charge in [-0.3, -0.25) is 0 Å². The van der Waals surface area contributed by atoms with E-state index in [2.05, 4.69) is 11.4 Å². The summed E-state index contributed by atoms with van der Waals surface area (Å²) in [6.07, 6.45) is 1.69. The number of furan rings is 1. The van der Waals surface area contributed by atoms with Gasteiger partial charge in [0.15, 0.2) is 0 Å². The van der Waals surface area contributed by atoms with Crippen LogP contribution in [0.3, 0.4) is 0 Å². The van der Waals surface area contributed by atoms with Crippen LogP contribution in [-0.2, 0) is 13.1 Å². The van der Waals surface area contributed by atoms with Crippen molar-refractivity contribution in [3.63, 3.8) is 0 Å². The quantitative estimate of drug-likeness (QED) is 0.830. The Morgan fingerprint density at radius 1 is 1.12 bits per heavy atom. The van der Waals surface area contributed by atoms with Crippen molar-refractivity contribution in [1.82, 2.24) is 5.32 Å². The van der Waals surface area contributed by atoms with Crippen molar-refractivity contribution < 1.29 is 9.15 Å². The molecule has 0 fully saturated rings. The van der Waals surface area contributed by atoms with E-state index in [1.165, 1.54) is 5.56 Å². The first-order chi connectivity index (χ1) is 8.40. The molecule has 0 spiro atoms. The zero-order chi connectivity index (χ0) is 11.9. The van der Waals surface area contributed by atoms with E-state index in [-0.39, 0.29) is 0 Å². The first kappa shape index (κ1) is 11.7. The molecule has 0 aliphatic carbocycles. The van der Waals surface area contributed by atoms with Gasteiger partial charge in [-0.15, -0.1) is 0 Å². The summed E-state index contributed by atoms with van der Waals surface area (Å²) in [5.74, 6) is 1.89. The molecule has 0 bridgehead atoms. The van der Waals surface area contributed by atoms with Gasteiger partial charge in [0, 0.05) is 12.1 Å². The van der Waals surface area contributed by atoms with Gasteiger partial charge in [0.1, 0.15) is 11.5 Å². The van der Waals surface area contributed by atoms with Crippen LogP contribution in [0.25, 0.3) is 0 Å². The lowest BCUT2D eigenvalue weighted by Crippen LogP contribution is -2.13.